The van der Waals surface area contributed by atoms with E-state index >= 15 is 0 Å². The smallest absolute Gasteiger partial charge is 0.0946 e. The molecular formula is C12H16N4. The Hall–Kier alpha value is -1.68. The Labute approximate surface area is 95.4 Å². The van der Waals surface area contributed by atoms with Crippen molar-refractivity contribution >= 4 is 0 Å². The molecule has 2 rings (SSSR count). The largest absolute Gasteiger partial charge is 0.336 e. The lowest BCUT2D eigenvalue weighted by Crippen LogP contribution is -2.19. The van der Waals surface area contributed by atoms with Crippen LogP contribution in [0.25, 0.3) is 0 Å². The van der Waals surface area contributed by atoms with Crippen LogP contribution >= 0.6 is 0 Å². The quantitative estimate of drug-likeness (QED) is 0.768. The van der Waals surface area contributed by atoms with Gasteiger partial charge in [0.1, 0.15) is 0 Å². The molecule has 4 nitrogen and oxygen atoms in total. The van der Waals surface area contributed by atoms with Crippen molar-refractivity contribution < 1.29 is 0 Å². The predicted octanol–water partition coefficient (Wildman–Crippen LogP) is 1.38. The summed E-state index contributed by atoms with van der Waals surface area (Å²) in [7, 11) is 0. The van der Waals surface area contributed by atoms with Gasteiger partial charge in [0.25, 0.3) is 0 Å². The van der Waals surface area contributed by atoms with E-state index in [0.29, 0.717) is 0 Å². The average Bonchev–Trinajstić information content (AvgIpc) is 2.79. The topological polar surface area (TPSA) is 42.7 Å². The van der Waals surface area contributed by atoms with Crippen molar-refractivity contribution in [3.05, 3.63) is 48.3 Å². The fraction of sp³-hybridized carbons (Fsp3) is 0.333. The first kappa shape index (κ1) is 10.8. The zero-order valence-corrected chi connectivity index (χ0v) is 9.43. The SMILES string of the molecule is Cc1ncccc1CNCCn1ccnc1. The van der Waals surface area contributed by atoms with E-state index in [4.69, 9.17) is 0 Å². The molecule has 0 bridgehead atoms. The van der Waals surface area contributed by atoms with Gasteiger partial charge in [0.15, 0.2) is 0 Å². The number of aryl methyl sites for hydroxylation is 1. The lowest BCUT2D eigenvalue weighted by atomic mass is 10.2. The van der Waals surface area contributed by atoms with Crippen LogP contribution in [0.1, 0.15) is 11.3 Å². The Morgan fingerprint density at radius 3 is 3.06 bits per heavy atom. The number of nitrogens with one attached hydrogen (secondary N) is 1. The number of hydrogen-bond acceptors (Lipinski definition) is 3. The number of pyridine rings is 1. The van der Waals surface area contributed by atoms with Crippen LogP contribution in [0.15, 0.2) is 37.1 Å². The standard InChI is InChI=1S/C12H16N4/c1-11-12(3-2-4-15-11)9-13-5-7-16-8-6-14-10-16/h2-4,6,8,10,13H,5,7,9H2,1H3. The molecule has 0 amide bonds. The lowest BCUT2D eigenvalue weighted by molar-refractivity contribution is 0.595. The third-order valence-electron chi connectivity index (χ3n) is 2.54. The van der Waals surface area contributed by atoms with Crippen molar-refractivity contribution in [2.45, 2.75) is 20.0 Å². The molecule has 0 aliphatic rings. The summed E-state index contributed by atoms with van der Waals surface area (Å²) >= 11 is 0. The number of hydrogen-bond donors (Lipinski definition) is 1. The minimum Gasteiger partial charge on any atom is -0.336 e. The molecule has 0 radical (unpaired) electrons. The molecule has 0 unspecified atom stereocenters. The normalized spacial score (nSPS) is 10.6. The van der Waals surface area contributed by atoms with Crippen LogP contribution in [-0.4, -0.2) is 21.1 Å². The zero-order valence-electron chi connectivity index (χ0n) is 9.43. The molecule has 2 aromatic heterocycles. The second kappa shape index (κ2) is 5.42. The Morgan fingerprint density at radius 2 is 2.31 bits per heavy atom. The first-order chi connectivity index (χ1) is 7.86. The fourth-order valence-electron chi connectivity index (χ4n) is 1.55. The Bertz CT molecular complexity index is 422. The molecule has 0 spiro atoms. The third kappa shape index (κ3) is 2.90. The van der Waals surface area contributed by atoms with Gasteiger partial charge in [0, 0.05) is 43.9 Å². The Morgan fingerprint density at radius 1 is 1.38 bits per heavy atom. The second-order valence-corrected chi connectivity index (χ2v) is 3.73. The zero-order chi connectivity index (χ0) is 11.2. The molecule has 4 heteroatoms. The summed E-state index contributed by atoms with van der Waals surface area (Å²) in [4.78, 5) is 8.25. The third-order valence-corrected chi connectivity index (χ3v) is 2.54. The molecule has 16 heavy (non-hydrogen) atoms. The summed E-state index contributed by atoms with van der Waals surface area (Å²) in [6.45, 7) is 4.78. The highest BCUT2D eigenvalue weighted by Crippen LogP contribution is 2.02. The highest BCUT2D eigenvalue weighted by Gasteiger charge is 1.97. The van der Waals surface area contributed by atoms with Gasteiger partial charge in [-0.05, 0) is 18.6 Å². The van der Waals surface area contributed by atoms with E-state index in [1.54, 1.807) is 6.20 Å². The molecule has 84 valence electrons. The van der Waals surface area contributed by atoms with Crippen molar-refractivity contribution in [1.29, 1.82) is 0 Å². The Balaban J connectivity index is 1.74. The van der Waals surface area contributed by atoms with Crippen LogP contribution < -0.4 is 5.32 Å². The summed E-state index contributed by atoms with van der Waals surface area (Å²) in [5.41, 5.74) is 2.35. The molecule has 0 fully saturated rings. The molecule has 2 heterocycles. The van der Waals surface area contributed by atoms with Gasteiger partial charge in [-0.2, -0.15) is 0 Å². The first-order valence-electron chi connectivity index (χ1n) is 5.43. The van der Waals surface area contributed by atoms with Crippen LogP contribution in [0.2, 0.25) is 0 Å². The van der Waals surface area contributed by atoms with Crippen LogP contribution in [0.4, 0.5) is 0 Å². The fourth-order valence-corrected chi connectivity index (χ4v) is 1.55. The molecule has 0 saturated carbocycles. The monoisotopic (exact) mass is 216 g/mol. The van der Waals surface area contributed by atoms with E-state index in [2.05, 4.69) is 25.9 Å². The molecule has 1 N–H and O–H groups in total. The van der Waals surface area contributed by atoms with E-state index in [1.165, 1.54) is 5.56 Å². The first-order valence-corrected chi connectivity index (χ1v) is 5.43. The van der Waals surface area contributed by atoms with E-state index in [-0.39, 0.29) is 0 Å². The molecular weight excluding hydrogens is 200 g/mol. The van der Waals surface area contributed by atoms with Crippen molar-refractivity contribution in [3.63, 3.8) is 0 Å². The van der Waals surface area contributed by atoms with Gasteiger partial charge in [-0.1, -0.05) is 6.07 Å². The summed E-state index contributed by atoms with van der Waals surface area (Å²) in [5, 5.41) is 3.39. The number of rotatable bonds is 5. The Kier molecular flexibility index (Phi) is 3.66. The van der Waals surface area contributed by atoms with Crippen molar-refractivity contribution in [1.82, 2.24) is 19.9 Å². The van der Waals surface area contributed by atoms with Crippen LogP contribution in [-0.2, 0) is 13.1 Å². The maximum absolute atomic E-state index is 4.25. The van der Waals surface area contributed by atoms with Gasteiger partial charge in [0.05, 0.1) is 6.33 Å². The molecule has 2 aromatic rings. The molecule has 0 aliphatic heterocycles. The van der Waals surface area contributed by atoms with E-state index in [9.17, 15) is 0 Å². The summed E-state index contributed by atoms with van der Waals surface area (Å²) in [5.74, 6) is 0. The summed E-state index contributed by atoms with van der Waals surface area (Å²) in [6.07, 6.45) is 7.42. The predicted molar refractivity (Wildman–Crippen MR) is 62.9 cm³/mol. The highest BCUT2D eigenvalue weighted by atomic mass is 15.0. The minimum atomic E-state index is 0.869. The van der Waals surface area contributed by atoms with Crippen molar-refractivity contribution in [2.75, 3.05) is 6.54 Å². The van der Waals surface area contributed by atoms with Gasteiger partial charge in [-0.3, -0.25) is 4.98 Å². The molecule has 0 saturated heterocycles. The van der Waals surface area contributed by atoms with Gasteiger partial charge >= 0.3 is 0 Å². The summed E-state index contributed by atoms with van der Waals surface area (Å²) in [6, 6.07) is 4.08. The summed E-state index contributed by atoms with van der Waals surface area (Å²) < 4.78 is 2.06. The van der Waals surface area contributed by atoms with Gasteiger partial charge < -0.3 is 9.88 Å². The minimum absolute atomic E-state index is 0.869. The number of nitrogens with zero attached hydrogens (tertiary/aromatic N) is 3. The lowest BCUT2D eigenvalue weighted by Gasteiger charge is -2.07. The number of aromatic nitrogens is 3. The molecule has 0 atom stereocenters. The molecule has 0 aromatic carbocycles. The average molecular weight is 216 g/mol. The maximum atomic E-state index is 4.25. The van der Waals surface area contributed by atoms with Crippen LogP contribution in [0.5, 0.6) is 0 Å². The van der Waals surface area contributed by atoms with E-state index in [0.717, 1.165) is 25.3 Å². The van der Waals surface area contributed by atoms with Gasteiger partial charge in [-0.15, -0.1) is 0 Å². The van der Waals surface area contributed by atoms with Crippen molar-refractivity contribution in [3.8, 4) is 0 Å². The second-order valence-electron chi connectivity index (χ2n) is 3.73. The maximum Gasteiger partial charge on any atom is 0.0946 e. The van der Waals surface area contributed by atoms with Crippen LogP contribution in [0, 0.1) is 6.92 Å². The van der Waals surface area contributed by atoms with E-state index in [1.807, 2.05) is 31.7 Å². The van der Waals surface area contributed by atoms with Gasteiger partial charge in [-0.25, -0.2) is 4.98 Å². The van der Waals surface area contributed by atoms with E-state index < -0.39 is 0 Å². The van der Waals surface area contributed by atoms with Crippen LogP contribution in [0.3, 0.4) is 0 Å². The number of imidazole rings is 1. The van der Waals surface area contributed by atoms with Gasteiger partial charge in [0.2, 0.25) is 0 Å². The van der Waals surface area contributed by atoms with Crippen molar-refractivity contribution in [2.24, 2.45) is 0 Å². The highest BCUT2D eigenvalue weighted by molar-refractivity contribution is 5.17. The molecule has 0 aliphatic carbocycles.